The fourth-order valence-corrected chi connectivity index (χ4v) is 1.69. The summed E-state index contributed by atoms with van der Waals surface area (Å²) in [5, 5.41) is 18.9. The Bertz CT molecular complexity index is 599. The third-order valence-corrected chi connectivity index (χ3v) is 2.92. The molecule has 0 spiro atoms. The molecule has 8 heteroatoms. The minimum Gasteiger partial charge on any atom is -0.387 e. The highest BCUT2D eigenvalue weighted by molar-refractivity contribution is 5.73. The second-order valence-corrected chi connectivity index (χ2v) is 4.43. The van der Waals surface area contributed by atoms with Crippen LogP contribution in [-0.2, 0) is 13.6 Å². The molecular formula is C13H16FN5O2. The van der Waals surface area contributed by atoms with Gasteiger partial charge in [0.25, 0.3) is 0 Å². The third-order valence-electron chi connectivity index (χ3n) is 2.92. The summed E-state index contributed by atoms with van der Waals surface area (Å²) in [5.74, 6) is 0.240. The highest BCUT2D eigenvalue weighted by atomic mass is 19.1. The molecule has 0 saturated heterocycles. The Labute approximate surface area is 120 Å². The molecule has 7 nitrogen and oxygen atoms in total. The maximum Gasteiger partial charge on any atom is 0.315 e. The molecule has 1 heterocycles. The first-order chi connectivity index (χ1) is 10.1. The van der Waals surface area contributed by atoms with E-state index in [4.69, 9.17) is 0 Å². The van der Waals surface area contributed by atoms with Crippen molar-refractivity contribution in [2.24, 2.45) is 7.05 Å². The molecule has 2 amide bonds. The van der Waals surface area contributed by atoms with E-state index in [1.54, 1.807) is 11.7 Å². The van der Waals surface area contributed by atoms with Crippen LogP contribution < -0.4 is 10.6 Å². The van der Waals surface area contributed by atoms with Crippen LogP contribution in [0.1, 0.15) is 17.5 Å². The molecule has 21 heavy (non-hydrogen) atoms. The molecule has 0 bridgehead atoms. The number of aliphatic hydroxyl groups is 1. The minimum atomic E-state index is -0.897. The second kappa shape index (κ2) is 6.80. The summed E-state index contributed by atoms with van der Waals surface area (Å²) in [5.41, 5.74) is 0.532. The smallest absolute Gasteiger partial charge is 0.315 e. The van der Waals surface area contributed by atoms with E-state index < -0.39 is 12.1 Å². The molecule has 0 radical (unpaired) electrons. The zero-order valence-corrected chi connectivity index (χ0v) is 11.5. The number of nitrogens with zero attached hydrogens (tertiary/aromatic N) is 3. The lowest BCUT2D eigenvalue weighted by atomic mass is 10.1. The zero-order chi connectivity index (χ0) is 15.2. The number of aromatic nitrogens is 3. The van der Waals surface area contributed by atoms with Gasteiger partial charge in [0.15, 0.2) is 0 Å². The van der Waals surface area contributed by atoms with Crippen LogP contribution in [-0.4, -0.2) is 32.4 Å². The third kappa shape index (κ3) is 4.25. The van der Waals surface area contributed by atoms with Crippen molar-refractivity contribution < 1.29 is 14.3 Å². The molecule has 1 aromatic heterocycles. The van der Waals surface area contributed by atoms with Crippen molar-refractivity contribution in [2.45, 2.75) is 12.6 Å². The normalized spacial score (nSPS) is 12.0. The zero-order valence-electron chi connectivity index (χ0n) is 11.5. The number of rotatable bonds is 5. The quantitative estimate of drug-likeness (QED) is 0.748. The highest BCUT2D eigenvalue weighted by Crippen LogP contribution is 2.12. The number of urea groups is 1. The van der Waals surface area contributed by atoms with Gasteiger partial charge in [-0.1, -0.05) is 12.1 Å². The topological polar surface area (TPSA) is 92.1 Å². The molecular weight excluding hydrogens is 277 g/mol. The Morgan fingerprint density at radius 1 is 1.38 bits per heavy atom. The van der Waals surface area contributed by atoms with Crippen molar-refractivity contribution in [3.63, 3.8) is 0 Å². The standard InChI is InChI=1S/C13H16FN5O2/c1-19-12(17-8-18-19)7-16-13(21)15-6-11(20)9-2-4-10(14)5-3-9/h2-5,8,11,20H,6-7H2,1H3,(H2,15,16,21). The molecule has 112 valence electrons. The van der Waals surface area contributed by atoms with Gasteiger partial charge in [-0.15, -0.1) is 0 Å². The van der Waals surface area contributed by atoms with Crippen LogP contribution in [0, 0.1) is 5.82 Å². The molecule has 3 N–H and O–H groups in total. The van der Waals surface area contributed by atoms with Crippen LogP contribution in [0.4, 0.5) is 9.18 Å². The monoisotopic (exact) mass is 293 g/mol. The number of nitrogens with one attached hydrogen (secondary N) is 2. The Balaban J connectivity index is 1.76. The van der Waals surface area contributed by atoms with Crippen molar-refractivity contribution in [1.29, 1.82) is 0 Å². The maximum atomic E-state index is 12.8. The number of hydrogen-bond acceptors (Lipinski definition) is 4. The Hall–Kier alpha value is -2.48. The van der Waals surface area contributed by atoms with Gasteiger partial charge >= 0.3 is 6.03 Å². The van der Waals surface area contributed by atoms with Crippen molar-refractivity contribution >= 4 is 6.03 Å². The Kier molecular flexibility index (Phi) is 4.83. The number of carbonyl (C=O) groups excluding carboxylic acids is 1. The Morgan fingerprint density at radius 2 is 2.10 bits per heavy atom. The average molecular weight is 293 g/mol. The Morgan fingerprint density at radius 3 is 2.71 bits per heavy atom. The van der Waals surface area contributed by atoms with Gasteiger partial charge in [0.2, 0.25) is 0 Å². The lowest BCUT2D eigenvalue weighted by Gasteiger charge is -2.12. The first kappa shape index (κ1) is 14.9. The van der Waals surface area contributed by atoms with E-state index in [9.17, 15) is 14.3 Å². The van der Waals surface area contributed by atoms with Gasteiger partial charge in [-0.25, -0.2) is 14.2 Å². The van der Waals surface area contributed by atoms with Crippen molar-refractivity contribution in [2.75, 3.05) is 6.54 Å². The molecule has 0 fully saturated rings. The number of amides is 2. The molecule has 2 rings (SSSR count). The van der Waals surface area contributed by atoms with E-state index in [-0.39, 0.29) is 18.9 Å². The fourth-order valence-electron chi connectivity index (χ4n) is 1.69. The first-order valence-electron chi connectivity index (χ1n) is 6.34. The molecule has 1 atom stereocenters. The second-order valence-electron chi connectivity index (χ2n) is 4.43. The molecule has 0 aliphatic rings. The predicted octanol–water partition coefficient (Wildman–Crippen LogP) is 0.487. The summed E-state index contributed by atoms with van der Waals surface area (Å²) in [6, 6.07) is 5.02. The number of hydrogen-bond donors (Lipinski definition) is 3. The fraction of sp³-hybridized carbons (Fsp3) is 0.308. The highest BCUT2D eigenvalue weighted by Gasteiger charge is 2.10. The molecule has 0 saturated carbocycles. The molecule has 1 unspecified atom stereocenters. The van der Waals surface area contributed by atoms with E-state index in [0.717, 1.165) is 0 Å². The number of carbonyl (C=O) groups is 1. The van der Waals surface area contributed by atoms with Crippen molar-refractivity contribution in [1.82, 2.24) is 25.4 Å². The van der Waals surface area contributed by atoms with Crippen molar-refractivity contribution in [3.8, 4) is 0 Å². The van der Waals surface area contributed by atoms with Gasteiger partial charge in [0.1, 0.15) is 18.0 Å². The number of aryl methyl sites for hydroxylation is 1. The van der Waals surface area contributed by atoms with Gasteiger partial charge < -0.3 is 15.7 Å². The summed E-state index contributed by atoms with van der Waals surface area (Å²) in [7, 11) is 1.72. The lowest BCUT2D eigenvalue weighted by molar-refractivity contribution is 0.173. The minimum absolute atomic E-state index is 0.0241. The van der Waals surface area contributed by atoms with Crippen LogP contribution in [0.25, 0.3) is 0 Å². The molecule has 0 aliphatic heterocycles. The average Bonchev–Trinajstić information content (AvgIpc) is 2.88. The van der Waals surface area contributed by atoms with E-state index >= 15 is 0 Å². The molecule has 1 aromatic carbocycles. The summed E-state index contributed by atoms with van der Waals surface area (Å²) in [6.45, 7) is 0.255. The summed E-state index contributed by atoms with van der Waals surface area (Å²) < 4.78 is 14.3. The largest absolute Gasteiger partial charge is 0.387 e. The summed E-state index contributed by atoms with van der Waals surface area (Å²) in [4.78, 5) is 15.6. The maximum absolute atomic E-state index is 12.8. The van der Waals surface area contributed by atoms with Gasteiger partial charge in [-0.05, 0) is 17.7 Å². The SMILES string of the molecule is Cn1ncnc1CNC(=O)NCC(O)c1ccc(F)cc1. The predicted molar refractivity (Wildman–Crippen MR) is 72.6 cm³/mol. The van der Waals surface area contributed by atoms with Crippen LogP contribution in [0.3, 0.4) is 0 Å². The lowest BCUT2D eigenvalue weighted by Crippen LogP contribution is -2.37. The van der Waals surface area contributed by atoms with Gasteiger partial charge in [-0.2, -0.15) is 5.10 Å². The van der Waals surface area contributed by atoms with Crippen LogP contribution in [0.15, 0.2) is 30.6 Å². The summed E-state index contributed by atoms with van der Waals surface area (Å²) in [6.07, 6.45) is 0.499. The number of aliphatic hydroxyl groups excluding tert-OH is 1. The van der Waals surface area contributed by atoms with E-state index in [0.29, 0.717) is 11.4 Å². The number of halogens is 1. The number of benzene rings is 1. The molecule has 2 aromatic rings. The van der Waals surface area contributed by atoms with Crippen LogP contribution in [0.5, 0.6) is 0 Å². The van der Waals surface area contributed by atoms with Crippen LogP contribution >= 0.6 is 0 Å². The summed E-state index contributed by atoms with van der Waals surface area (Å²) >= 11 is 0. The van der Waals surface area contributed by atoms with E-state index in [2.05, 4.69) is 20.7 Å². The molecule has 0 aliphatic carbocycles. The van der Waals surface area contributed by atoms with E-state index in [1.807, 2.05) is 0 Å². The van der Waals surface area contributed by atoms with Gasteiger partial charge in [0, 0.05) is 13.6 Å². The van der Waals surface area contributed by atoms with Crippen LogP contribution in [0.2, 0.25) is 0 Å². The van der Waals surface area contributed by atoms with E-state index in [1.165, 1.54) is 30.6 Å². The van der Waals surface area contributed by atoms with Gasteiger partial charge in [-0.3, -0.25) is 4.68 Å². The first-order valence-corrected chi connectivity index (χ1v) is 6.34. The van der Waals surface area contributed by atoms with Gasteiger partial charge in [0.05, 0.1) is 12.6 Å². The van der Waals surface area contributed by atoms with Crippen molar-refractivity contribution in [3.05, 3.63) is 47.8 Å².